The molecule has 0 aliphatic carbocycles. The number of hydrogen-bond donors (Lipinski definition) is 1. The largest absolute Gasteiger partial charge is 0.486 e. The third kappa shape index (κ3) is 4.70. The molecule has 0 spiro atoms. The van der Waals surface area contributed by atoms with Crippen molar-refractivity contribution >= 4 is 5.91 Å². The van der Waals surface area contributed by atoms with Crippen molar-refractivity contribution in [2.45, 2.75) is 32.4 Å². The Balaban J connectivity index is 1.29. The number of benzene rings is 2. The molecule has 4 rings (SSSR count). The second kappa shape index (κ2) is 8.82. The molecule has 1 amide bonds. The van der Waals surface area contributed by atoms with Gasteiger partial charge in [-0.25, -0.2) is 4.39 Å². The minimum Gasteiger partial charge on any atom is -0.486 e. The molecule has 5 nitrogen and oxygen atoms in total. The molecule has 2 heterocycles. The number of ether oxygens (including phenoxy) is 2. The second-order valence-electron chi connectivity index (χ2n) is 7.78. The summed E-state index contributed by atoms with van der Waals surface area (Å²) in [4.78, 5) is 15.0. The molecular weight excluding hydrogens is 371 g/mol. The van der Waals surface area contributed by atoms with Crippen molar-refractivity contribution in [2.24, 2.45) is 5.92 Å². The van der Waals surface area contributed by atoms with Crippen LogP contribution in [-0.4, -0.2) is 37.1 Å². The molecule has 1 saturated heterocycles. The predicted octanol–water partition coefficient (Wildman–Crippen LogP) is 3.69. The molecule has 2 aliphatic rings. The van der Waals surface area contributed by atoms with Crippen molar-refractivity contribution in [3.8, 4) is 11.5 Å². The lowest BCUT2D eigenvalue weighted by Crippen LogP contribution is -2.41. The summed E-state index contributed by atoms with van der Waals surface area (Å²) in [5, 5.41) is 3.13. The highest BCUT2D eigenvalue weighted by molar-refractivity contribution is 5.79. The average Bonchev–Trinajstić information content (AvgIpc) is 2.75. The van der Waals surface area contributed by atoms with Crippen LogP contribution in [0.25, 0.3) is 0 Å². The van der Waals surface area contributed by atoms with Crippen molar-refractivity contribution < 1.29 is 18.7 Å². The first kappa shape index (κ1) is 19.7. The van der Waals surface area contributed by atoms with Gasteiger partial charge in [-0.05, 0) is 56.6 Å². The highest BCUT2D eigenvalue weighted by atomic mass is 19.1. The third-order valence-corrected chi connectivity index (χ3v) is 5.74. The fraction of sp³-hybridized carbons (Fsp3) is 0.435. The van der Waals surface area contributed by atoms with Gasteiger partial charge in [0.05, 0.1) is 6.04 Å². The van der Waals surface area contributed by atoms with E-state index in [1.807, 2.05) is 37.3 Å². The molecule has 0 aromatic heterocycles. The Kier molecular flexibility index (Phi) is 6.00. The lowest BCUT2D eigenvalue weighted by Gasteiger charge is -2.32. The predicted molar refractivity (Wildman–Crippen MR) is 108 cm³/mol. The van der Waals surface area contributed by atoms with E-state index in [1.54, 1.807) is 6.07 Å². The average molecular weight is 398 g/mol. The number of piperidine rings is 1. The van der Waals surface area contributed by atoms with Gasteiger partial charge in [-0.2, -0.15) is 0 Å². The van der Waals surface area contributed by atoms with Crippen LogP contribution in [0.15, 0.2) is 42.5 Å². The van der Waals surface area contributed by atoms with Gasteiger partial charge in [0.2, 0.25) is 5.91 Å². The standard InChI is InChI=1S/C23H27FN2O3/c1-16(18-6-7-21-22(14-18)29-13-12-28-21)25-23(27)17-8-10-26(11-9-17)15-19-4-2-3-5-20(19)24/h2-7,14,16-17H,8-13,15H2,1H3,(H,25,27). The maximum Gasteiger partial charge on any atom is 0.223 e. The molecule has 1 fully saturated rings. The van der Waals surface area contributed by atoms with Gasteiger partial charge < -0.3 is 14.8 Å². The first-order chi connectivity index (χ1) is 14.1. The van der Waals surface area contributed by atoms with Crippen molar-refractivity contribution in [1.82, 2.24) is 10.2 Å². The SMILES string of the molecule is CC(NC(=O)C1CCN(Cc2ccccc2F)CC1)c1ccc2c(c1)OCCO2. The molecule has 6 heteroatoms. The maximum absolute atomic E-state index is 13.9. The number of carbonyl (C=O) groups excluding carboxylic acids is 1. The molecule has 154 valence electrons. The Morgan fingerprint density at radius 3 is 2.62 bits per heavy atom. The quantitative estimate of drug-likeness (QED) is 0.835. The molecular formula is C23H27FN2O3. The normalized spacial score (nSPS) is 18.3. The van der Waals surface area contributed by atoms with Gasteiger partial charge in [-0.1, -0.05) is 24.3 Å². The smallest absolute Gasteiger partial charge is 0.223 e. The molecule has 2 aliphatic heterocycles. The van der Waals surface area contributed by atoms with E-state index in [0.717, 1.165) is 43.0 Å². The topological polar surface area (TPSA) is 50.8 Å². The number of carbonyl (C=O) groups is 1. The van der Waals surface area contributed by atoms with Gasteiger partial charge in [-0.3, -0.25) is 9.69 Å². The van der Waals surface area contributed by atoms with Crippen LogP contribution in [0.4, 0.5) is 4.39 Å². The zero-order chi connectivity index (χ0) is 20.2. The van der Waals surface area contributed by atoms with Crippen LogP contribution in [0.3, 0.4) is 0 Å². The van der Waals surface area contributed by atoms with Crippen LogP contribution in [0.1, 0.15) is 36.9 Å². The Hall–Kier alpha value is -2.60. The van der Waals surface area contributed by atoms with Gasteiger partial charge in [0, 0.05) is 18.0 Å². The van der Waals surface area contributed by atoms with Crippen LogP contribution >= 0.6 is 0 Å². The molecule has 0 saturated carbocycles. The first-order valence-electron chi connectivity index (χ1n) is 10.3. The van der Waals surface area contributed by atoms with Crippen molar-refractivity contribution in [3.05, 3.63) is 59.4 Å². The van der Waals surface area contributed by atoms with Gasteiger partial charge in [-0.15, -0.1) is 0 Å². The van der Waals surface area contributed by atoms with Crippen molar-refractivity contribution in [1.29, 1.82) is 0 Å². The Bertz CT molecular complexity index is 865. The monoisotopic (exact) mass is 398 g/mol. The number of halogens is 1. The third-order valence-electron chi connectivity index (χ3n) is 5.74. The van der Waals surface area contributed by atoms with E-state index in [2.05, 4.69) is 10.2 Å². The summed E-state index contributed by atoms with van der Waals surface area (Å²) in [6.45, 7) is 5.28. The number of rotatable bonds is 5. The molecule has 1 unspecified atom stereocenters. The van der Waals surface area contributed by atoms with Crippen LogP contribution in [-0.2, 0) is 11.3 Å². The lowest BCUT2D eigenvalue weighted by atomic mass is 9.94. The number of amides is 1. The van der Waals surface area contributed by atoms with Crippen LogP contribution in [0, 0.1) is 11.7 Å². The molecule has 0 bridgehead atoms. The summed E-state index contributed by atoms with van der Waals surface area (Å²) in [7, 11) is 0. The second-order valence-corrected chi connectivity index (χ2v) is 7.78. The minimum absolute atomic E-state index is 0.00784. The summed E-state index contributed by atoms with van der Waals surface area (Å²) < 4.78 is 25.0. The summed E-state index contributed by atoms with van der Waals surface area (Å²) in [6, 6.07) is 12.6. The van der Waals surface area contributed by atoms with E-state index in [0.29, 0.717) is 25.3 Å². The Labute approximate surface area is 170 Å². The van der Waals surface area contributed by atoms with E-state index in [4.69, 9.17) is 9.47 Å². The summed E-state index contributed by atoms with van der Waals surface area (Å²) in [6.07, 6.45) is 1.57. The van der Waals surface area contributed by atoms with Crippen LogP contribution < -0.4 is 14.8 Å². The van der Waals surface area contributed by atoms with E-state index >= 15 is 0 Å². The number of nitrogens with one attached hydrogen (secondary N) is 1. The van der Waals surface area contributed by atoms with Gasteiger partial charge in [0.1, 0.15) is 19.0 Å². The Morgan fingerprint density at radius 1 is 1.14 bits per heavy atom. The summed E-state index contributed by atoms with van der Waals surface area (Å²) in [5.41, 5.74) is 1.71. The molecule has 0 radical (unpaired) electrons. The van der Waals surface area contributed by atoms with E-state index in [1.165, 1.54) is 6.07 Å². The highest BCUT2D eigenvalue weighted by Gasteiger charge is 2.26. The van der Waals surface area contributed by atoms with Crippen molar-refractivity contribution in [3.63, 3.8) is 0 Å². The maximum atomic E-state index is 13.9. The summed E-state index contributed by atoms with van der Waals surface area (Å²) in [5.74, 6) is 1.39. The number of fused-ring (bicyclic) bond motifs is 1. The zero-order valence-electron chi connectivity index (χ0n) is 16.7. The number of nitrogens with zero attached hydrogens (tertiary/aromatic N) is 1. The minimum atomic E-state index is -0.166. The summed E-state index contributed by atoms with van der Waals surface area (Å²) >= 11 is 0. The van der Waals surface area contributed by atoms with Gasteiger partial charge >= 0.3 is 0 Å². The molecule has 2 aromatic carbocycles. The number of hydrogen-bond acceptors (Lipinski definition) is 4. The zero-order valence-corrected chi connectivity index (χ0v) is 16.7. The van der Waals surface area contributed by atoms with Gasteiger partial charge in [0.15, 0.2) is 11.5 Å². The Morgan fingerprint density at radius 2 is 1.86 bits per heavy atom. The van der Waals surface area contributed by atoms with E-state index in [-0.39, 0.29) is 23.7 Å². The van der Waals surface area contributed by atoms with Crippen molar-refractivity contribution in [2.75, 3.05) is 26.3 Å². The van der Waals surface area contributed by atoms with Gasteiger partial charge in [0.25, 0.3) is 0 Å². The highest BCUT2D eigenvalue weighted by Crippen LogP contribution is 2.32. The van der Waals surface area contributed by atoms with E-state index < -0.39 is 0 Å². The first-order valence-corrected chi connectivity index (χ1v) is 10.3. The molecule has 1 atom stereocenters. The van der Waals surface area contributed by atoms with Crippen LogP contribution in [0.5, 0.6) is 11.5 Å². The molecule has 2 aromatic rings. The molecule has 1 N–H and O–H groups in total. The number of likely N-dealkylation sites (tertiary alicyclic amines) is 1. The van der Waals surface area contributed by atoms with E-state index in [9.17, 15) is 9.18 Å². The molecule has 29 heavy (non-hydrogen) atoms. The fourth-order valence-electron chi connectivity index (χ4n) is 3.96. The van der Waals surface area contributed by atoms with Crippen LogP contribution in [0.2, 0.25) is 0 Å². The lowest BCUT2D eigenvalue weighted by molar-refractivity contribution is -0.127. The fourth-order valence-corrected chi connectivity index (χ4v) is 3.96.